The number of nitrogens with zero attached hydrogens (tertiary/aromatic N) is 4. The summed E-state index contributed by atoms with van der Waals surface area (Å²) in [5.41, 5.74) is -2.69. The fourth-order valence-electron chi connectivity index (χ4n) is 11.0. The van der Waals surface area contributed by atoms with E-state index in [4.69, 9.17) is 11.6 Å². The predicted octanol–water partition coefficient (Wildman–Crippen LogP) is 5.67. The molecule has 1 aromatic carbocycles. The second-order valence-corrected chi connectivity index (χ2v) is 22.1. The summed E-state index contributed by atoms with van der Waals surface area (Å²) in [4.78, 5) is 108. The first-order valence-electron chi connectivity index (χ1n) is 24.8. The first-order valence-corrected chi connectivity index (χ1v) is 25.2. The summed E-state index contributed by atoms with van der Waals surface area (Å²) in [6.45, 7) is 6.26. The third-order valence-electron chi connectivity index (χ3n) is 15.4. The van der Waals surface area contributed by atoms with Crippen LogP contribution in [0.5, 0.6) is 0 Å². The third kappa shape index (κ3) is 11.5. The van der Waals surface area contributed by atoms with E-state index in [1.807, 2.05) is 19.9 Å². The SMILES string of the molecule is CC(C)C[C@@H]1NC(=O)[C@@H](N(C)C(=O)[C@@H](NC(=O)[C@@H]2C[C@@H](F)CN2C(=O)C2(C(F)(F)F)CC3(CCC3)C2)C2CC2)CCCCNC(=O)C(C)(C)NC(=O)[C@H](Cc2cc(Cl)ccc2-c2cccnc2)N(C)C1=O. The maximum atomic E-state index is 15.1. The zero-order valence-electron chi connectivity index (χ0n) is 41.3. The number of amides is 7. The van der Waals surface area contributed by atoms with Crippen LogP contribution >= 0.6 is 11.6 Å². The fraction of sp³-hybridized carbons (Fsp3) is 0.647. The number of rotatable bonds is 11. The molecule has 2 aromatic rings. The molecule has 0 bridgehead atoms. The van der Waals surface area contributed by atoms with Crippen molar-refractivity contribution < 1.29 is 51.1 Å². The summed E-state index contributed by atoms with van der Waals surface area (Å²) in [5.74, 6) is -6.01. The minimum Gasteiger partial charge on any atom is -0.354 e. The van der Waals surface area contributed by atoms with Gasteiger partial charge in [-0.25, -0.2) is 4.39 Å². The molecule has 6 atom stereocenters. The van der Waals surface area contributed by atoms with E-state index in [9.17, 15) is 46.7 Å². The number of likely N-dealkylation sites (tertiary alicyclic amines) is 1. The number of benzene rings is 1. The van der Waals surface area contributed by atoms with Crippen molar-refractivity contribution in [2.75, 3.05) is 27.2 Å². The van der Waals surface area contributed by atoms with Crippen molar-refractivity contribution in [3.8, 4) is 11.1 Å². The van der Waals surface area contributed by atoms with E-state index in [1.54, 1.807) is 50.5 Å². The Morgan fingerprint density at radius 1 is 1.00 bits per heavy atom. The van der Waals surface area contributed by atoms with Crippen LogP contribution in [-0.4, -0.2) is 136 Å². The van der Waals surface area contributed by atoms with Crippen molar-refractivity contribution in [2.45, 2.75) is 159 Å². The maximum Gasteiger partial charge on any atom is 0.403 e. The maximum absolute atomic E-state index is 15.1. The van der Waals surface area contributed by atoms with E-state index in [2.05, 4.69) is 26.3 Å². The first kappa shape index (κ1) is 53.5. The topological polar surface area (TPSA) is 190 Å². The third-order valence-corrected chi connectivity index (χ3v) is 15.6. The number of alkyl halides is 4. The van der Waals surface area contributed by atoms with Gasteiger partial charge in [0.1, 0.15) is 47.3 Å². The van der Waals surface area contributed by atoms with Crippen molar-refractivity contribution in [2.24, 2.45) is 22.7 Å². The molecule has 1 aromatic heterocycles. The number of hydrogen-bond donors (Lipinski definition) is 4. The number of hydrogen-bond acceptors (Lipinski definition) is 8. The Bertz CT molecular complexity index is 2360. The van der Waals surface area contributed by atoms with Gasteiger partial charge in [0.15, 0.2) is 0 Å². The van der Waals surface area contributed by atoms with Gasteiger partial charge in [-0.2, -0.15) is 13.2 Å². The molecule has 4 N–H and O–H groups in total. The first-order chi connectivity index (χ1) is 33.4. The Kier molecular flexibility index (Phi) is 15.8. The van der Waals surface area contributed by atoms with Crippen LogP contribution in [0, 0.1) is 22.7 Å². The second kappa shape index (κ2) is 21.0. The minimum absolute atomic E-state index is 0.0534. The van der Waals surface area contributed by atoms with Crippen LogP contribution in [0.25, 0.3) is 11.1 Å². The Labute approximate surface area is 417 Å². The van der Waals surface area contributed by atoms with Gasteiger partial charge in [0, 0.05) is 56.5 Å². The van der Waals surface area contributed by atoms with Crippen LogP contribution in [0.4, 0.5) is 17.6 Å². The number of likely N-dealkylation sites (N-methyl/N-ethyl adjacent to an activating group) is 2. The molecular weight excluding hydrogens is 948 g/mol. The van der Waals surface area contributed by atoms with Gasteiger partial charge in [0.05, 0.1) is 6.54 Å². The molecule has 5 fully saturated rings. The van der Waals surface area contributed by atoms with Gasteiger partial charge in [-0.15, -0.1) is 0 Å². The average Bonchev–Trinajstić information content (AvgIpc) is 4.04. The van der Waals surface area contributed by atoms with Crippen molar-refractivity contribution in [3.05, 3.63) is 53.3 Å². The smallest absolute Gasteiger partial charge is 0.354 e. The zero-order valence-corrected chi connectivity index (χ0v) is 42.1. The van der Waals surface area contributed by atoms with Crippen LogP contribution in [0.15, 0.2) is 42.7 Å². The van der Waals surface area contributed by atoms with Crippen LogP contribution in [0.3, 0.4) is 0 Å². The summed E-state index contributed by atoms with van der Waals surface area (Å²) in [6.07, 6.45) is -1.07. The zero-order chi connectivity index (χ0) is 51.8. The molecule has 0 unspecified atom stereocenters. The lowest BCUT2D eigenvalue weighted by molar-refractivity contribution is -0.285. The Morgan fingerprint density at radius 2 is 1.70 bits per heavy atom. The highest BCUT2D eigenvalue weighted by Gasteiger charge is 2.74. The highest BCUT2D eigenvalue weighted by Crippen LogP contribution is 2.69. The van der Waals surface area contributed by atoms with E-state index < -0.39 is 132 Å². The lowest BCUT2D eigenvalue weighted by atomic mass is 9.44. The largest absolute Gasteiger partial charge is 0.403 e. The normalized spacial score (nSPS) is 26.4. The monoisotopic (exact) mass is 1010 g/mol. The van der Waals surface area contributed by atoms with E-state index in [0.29, 0.717) is 59.6 Å². The Morgan fingerprint density at radius 3 is 2.31 bits per heavy atom. The summed E-state index contributed by atoms with van der Waals surface area (Å²) in [7, 11) is 2.83. The average molecular weight is 1020 g/mol. The number of pyridine rings is 1. The second-order valence-electron chi connectivity index (χ2n) is 21.7. The van der Waals surface area contributed by atoms with Gasteiger partial charge in [0.2, 0.25) is 41.4 Å². The van der Waals surface area contributed by atoms with Gasteiger partial charge >= 0.3 is 6.18 Å². The fourth-order valence-corrected chi connectivity index (χ4v) is 11.2. The summed E-state index contributed by atoms with van der Waals surface area (Å²) in [5, 5.41) is 11.6. The predicted molar refractivity (Wildman–Crippen MR) is 256 cm³/mol. The minimum atomic E-state index is -4.91. The molecule has 3 heterocycles. The molecule has 7 amide bonds. The lowest BCUT2D eigenvalue weighted by Gasteiger charge is -2.60. The highest BCUT2D eigenvalue weighted by molar-refractivity contribution is 6.30. The van der Waals surface area contributed by atoms with Crippen LogP contribution in [0.2, 0.25) is 5.02 Å². The molecule has 5 aliphatic rings. The molecule has 3 saturated carbocycles. The van der Waals surface area contributed by atoms with Gasteiger partial charge in [-0.05, 0) is 125 Å². The number of carbonyl (C=O) groups excluding carboxylic acids is 7. The van der Waals surface area contributed by atoms with E-state index in [0.717, 1.165) is 12.0 Å². The molecule has 2 saturated heterocycles. The van der Waals surface area contributed by atoms with Crippen molar-refractivity contribution >= 4 is 53.0 Å². The van der Waals surface area contributed by atoms with Crippen LogP contribution < -0.4 is 21.3 Å². The molecular formula is C51H67ClF4N8O7. The van der Waals surface area contributed by atoms with Crippen molar-refractivity contribution in [1.82, 2.24) is 41.0 Å². The molecule has 2 aliphatic heterocycles. The quantitative estimate of drug-likeness (QED) is 0.207. The van der Waals surface area contributed by atoms with Crippen molar-refractivity contribution in [3.63, 3.8) is 0 Å². The number of carbonyl (C=O) groups is 7. The van der Waals surface area contributed by atoms with E-state index >= 15 is 4.39 Å². The van der Waals surface area contributed by atoms with Crippen LogP contribution in [0.1, 0.15) is 110 Å². The molecule has 15 nitrogen and oxygen atoms in total. The summed E-state index contributed by atoms with van der Waals surface area (Å²) < 4.78 is 59.3. The Balaban J connectivity index is 1.14. The van der Waals surface area contributed by atoms with Crippen molar-refractivity contribution in [1.29, 1.82) is 0 Å². The lowest BCUT2D eigenvalue weighted by Crippen LogP contribution is -2.66. The summed E-state index contributed by atoms with van der Waals surface area (Å²) in [6, 6.07) is 2.25. The number of halogens is 5. The van der Waals surface area contributed by atoms with E-state index in [-0.39, 0.29) is 31.7 Å². The molecule has 388 valence electrons. The number of aromatic nitrogens is 1. The Hall–Kier alpha value is -5.33. The molecule has 7 rings (SSSR count). The number of nitrogens with one attached hydrogen (secondary N) is 4. The molecule has 71 heavy (non-hydrogen) atoms. The van der Waals surface area contributed by atoms with Crippen LogP contribution in [-0.2, 0) is 40.0 Å². The van der Waals surface area contributed by atoms with E-state index in [1.165, 1.54) is 23.9 Å². The summed E-state index contributed by atoms with van der Waals surface area (Å²) >= 11 is 6.51. The standard InChI is InChI=1S/C51H67ClF4N8O7/c1-29(2)21-36-44(68)63(6)38(23-32-22-33(52)15-16-35(32)31-11-9-19-57-25-31)43(67)61-48(3,4)46(70)58-20-8-7-12-37(41(65)59-36)62(5)45(69)40(30-13-14-30)60-42(66)39-24-34(53)26-64(39)47(71)50(51(54,55)56)27-49(28-50)17-10-18-49/h9,11,15-16,19,22,25,29-30,34,36-40H,7-8,10,12-14,17-18,20-21,23-24,26-28H2,1-6H3,(H,58,70)(H,59,65)(H,60,66)(H,61,67)/t34-,36+,37+,38+,39+,40+/m1/s1. The highest BCUT2D eigenvalue weighted by atomic mass is 35.5. The van der Waals surface area contributed by atoms with Gasteiger partial charge in [0.25, 0.3) is 0 Å². The molecule has 3 aliphatic carbocycles. The van der Waals surface area contributed by atoms with Gasteiger partial charge < -0.3 is 36.0 Å². The molecule has 0 radical (unpaired) electrons. The van der Waals surface area contributed by atoms with Gasteiger partial charge in [-0.3, -0.25) is 38.5 Å². The van der Waals surface area contributed by atoms with Gasteiger partial charge in [-0.1, -0.05) is 44.0 Å². The molecule has 20 heteroatoms. The molecule has 1 spiro atoms.